The molecular weight excluding hydrogens is 600 g/mol. The van der Waals surface area contributed by atoms with Crippen LogP contribution in [-0.2, 0) is 6.42 Å². The topological polar surface area (TPSA) is 103 Å². The third-order valence-corrected chi connectivity index (χ3v) is 10.9. The molecule has 2 N–H and O–H groups in total. The minimum Gasteiger partial charge on any atom is -0.461 e. The summed E-state index contributed by atoms with van der Waals surface area (Å²) < 4.78 is 37.8. The van der Waals surface area contributed by atoms with Crippen molar-refractivity contribution in [3.63, 3.8) is 0 Å². The Kier molecular flexibility index (Phi) is 7.53. The summed E-state index contributed by atoms with van der Waals surface area (Å²) in [6.07, 6.45) is 9.92. The van der Waals surface area contributed by atoms with E-state index in [9.17, 15) is 9.50 Å². The summed E-state index contributed by atoms with van der Waals surface area (Å²) in [5, 5.41) is 19.9. The van der Waals surface area contributed by atoms with Crippen molar-refractivity contribution < 1.29 is 18.6 Å². The number of aliphatic hydroxyl groups excluding tert-OH is 1. The molecule has 12 heteroatoms. The van der Waals surface area contributed by atoms with Crippen molar-refractivity contribution in [2.45, 2.75) is 82.0 Å². The van der Waals surface area contributed by atoms with E-state index in [1.165, 1.54) is 0 Å². The molecule has 0 aliphatic carbocycles. The molecule has 6 bridgehead atoms. The number of H-pyrrole nitrogens is 1. The van der Waals surface area contributed by atoms with Crippen LogP contribution in [0.3, 0.4) is 0 Å². The second-order valence-electron chi connectivity index (χ2n) is 13.5. The highest BCUT2D eigenvalue weighted by Crippen LogP contribution is 2.42. The lowest BCUT2D eigenvalue weighted by Crippen LogP contribution is -2.43. The van der Waals surface area contributed by atoms with E-state index in [4.69, 9.17) is 26.3 Å². The van der Waals surface area contributed by atoms with Gasteiger partial charge in [-0.1, -0.05) is 18.0 Å². The van der Waals surface area contributed by atoms with Gasteiger partial charge in [0.1, 0.15) is 29.8 Å². The number of ether oxygens (including phenoxy) is 1. The van der Waals surface area contributed by atoms with E-state index in [0.717, 1.165) is 62.6 Å². The van der Waals surface area contributed by atoms with Crippen molar-refractivity contribution in [3.05, 3.63) is 34.9 Å². The summed E-state index contributed by atoms with van der Waals surface area (Å²) in [6, 6.07) is 1.91. The third kappa shape index (κ3) is 5.20. The lowest BCUT2D eigenvalue weighted by Gasteiger charge is -2.35. The highest BCUT2D eigenvalue weighted by atomic mass is 35.5. The van der Waals surface area contributed by atoms with Crippen LogP contribution >= 0.6 is 11.6 Å². The van der Waals surface area contributed by atoms with Gasteiger partial charge >= 0.3 is 6.01 Å². The Balaban J connectivity index is 1.29. The van der Waals surface area contributed by atoms with Crippen LogP contribution in [0.1, 0.15) is 63.4 Å². The molecular formula is C33H38ClF2N7O2. The lowest BCUT2D eigenvalue weighted by atomic mass is 9.89. The van der Waals surface area contributed by atoms with Crippen LogP contribution in [0.15, 0.2) is 18.5 Å². The van der Waals surface area contributed by atoms with Crippen LogP contribution in [0, 0.1) is 11.7 Å². The van der Waals surface area contributed by atoms with Crippen LogP contribution in [0.5, 0.6) is 6.01 Å². The van der Waals surface area contributed by atoms with Crippen molar-refractivity contribution in [2.24, 2.45) is 5.92 Å². The number of halogens is 3. The number of alkyl halides is 1. The van der Waals surface area contributed by atoms with Gasteiger partial charge in [0.15, 0.2) is 5.82 Å². The Morgan fingerprint density at radius 1 is 1.09 bits per heavy atom. The Morgan fingerprint density at radius 2 is 2.00 bits per heavy atom. The number of fused-ring (bicyclic) bond motifs is 8. The Labute approximate surface area is 265 Å². The molecule has 3 fully saturated rings. The van der Waals surface area contributed by atoms with Crippen molar-refractivity contribution in [1.82, 2.24) is 30.0 Å². The predicted octanol–water partition coefficient (Wildman–Crippen LogP) is 6.01. The van der Waals surface area contributed by atoms with E-state index in [1.807, 2.05) is 6.07 Å². The summed E-state index contributed by atoms with van der Waals surface area (Å²) in [5.41, 5.74) is 1.99. The molecule has 0 amide bonds. The van der Waals surface area contributed by atoms with Gasteiger partial charge in [0.2, 0.25) is 0 Å². The number of hydrogen-bond donors (Lipinski definition) is 2. The van der Waals surface area contributed by atoms with Gasteiger partial charge in [-0.15, -0.1) is 0 Å². The first-order chi connectivity index (χ1) is 21.9. The van der Waals surface area contributed by atoms with Crippen LogP contribution in [0.25, 0.3) is 33.1 Å². The summed E-state index contributed by atoms with van der Waals surface area (Å²) in [4.78, 5) is 18.6. The molecule has 8 heterocycles. The number of nitrogens with one attached hydrogen (secondary N) is 1. The molecule has 5 aliphatic rings. The summed E-state index contributed by atoms with van der Waals surface area (Å²) >= 11 is 6.83. The molecule has 9 nitrogen and oxygen atoms in total. The van der Waals surface area contributed by atoms with Crippen LogP contribution in [0.4, 0.5) is 14.6 Å². The number of benzene rings is 1. The maximum atomic E-state index is 17.0. The number of nitrogens with zero attached hydrogens (tertiary/aromatic N) is 6. The maximum Gasteiger partial charge on any atom is 0.319 e. The Bertz CT molecular complexity index is 1750. The van der Waals surface area contributed by atoms with Gasteiger partial charge in [0.05, 0.1) is 28.7 Å². The summed E-state index contributed by atoms with van der Waals surface area (Å²) in [5.74, 6) is 0.298. The van der Waals surface area contributed by atoms with Gasteiger partial charge in [0, 0.05) is 48.2 Å². The molecule has 238 valence electrons. The van der Waals surface area contributed by atoms with Gasteiger partial charge < -0.3 is 14.7 Å². The van der Waals surface area contributed by atoms with Crippen molar-refractivity contribution in [1.29, 1.82) is 0 Å². The summed E-state index contributed by atoms with van der Waals surface area (Å²) in [6.45, 7) is 2.96. The zero-order chi connectivity index (χ0) is 30.7. The Morgan fingerprint density at radius 3 is 2.91 bits per heavy atom. The average Bonchev–Trinajstić information content (AvgIpc) is 3.72. The highest BCUT2D eigenvalue weighted by Gasteiger charge is 2.49. The molecule has 0 unspecified atom stereocenters. The quantitative estimate of drug-likeness (QED) is 0.282. The minimum atomic E-state index is -0.882. The fourth-order valence-electron chi connectivity index (χ4n) is 8.40. The largest absolute Gasteiger partial charge is 0.461 e. The number of hydrogen-bond acceptors (Lipinski definition) is 8. The zero-order valence-electron chi connectivity index (χ0n) is 25.2. The number of piperidine rings is 1. The molecule has 4 aromatic rings. The molecule has 9 rings (SSSR count). The zero-order valence-corrected chi connectivity index (χ0v) is 26.0. The molecule has 0 saturated carbocycles. The van der Waals surface area contributed by atoms with E-state index < -0.39 is 18.1 Å². The normalized spacial score (nSPS) is 27.5. The maximum absolute atomic E-state index is 17.0. The lowest BCUT2D eigenvalue weighted by molar-refractivity contribution is 0.107. The fourth-order valence-corrected chi connectivity index (χ4v) is 8.70. The predicted molar refractivity (Wildman–Crippen MR) is 169 cm³/mol. The molecule has 4 atom stereocenters. The van der Waals surface area contributed by atoms with Gasteiger partial charge in [-0.2, -0.15) is 15.1 Å². The first kappa shape index (κ1) is 29.3. The molecule has 1 aromatic carbocycles. The van der Waals surface area contributed by atoms with Crippen LogP contribution < -0.4 is 9.64 Å². The Hall–Kier alpha value is -3.15. The van der Waals surface area contributed by atoms with Crippen LogP contribution in [0.2, 0.25) is 5.02 Å². The standard InChI is InChI=1S/C33H38ClF2N7O2/c34-25-12-26-23(15-38-41-26)27-22(25)7-2-1-6-21(44)11-19-5-3-9-42(16-19)31-24-14-37-30(27)28(36)29(24)39-32(40-31)45-18-33-8-4-10-43(33)17-20(35)13-33/h12,14-15,19-21,44H,1-11,13,16-18H2,(H,38,41)/t19-,20+,21+,33-/m0/s1. The molecule has 0 spiro atoms. The average molecular weight is 638 g/mol. The summed E-state index contributed by atoms with van der Waals surface area (Å²) in [7, 11) is 0. The van der Waals surface area contributed by atoms with E-state index in [-0.39, 0.29) is 35.3 Å². The van der Waals surface area contributed by atoms with Gasteiger partial charge in [-0.25, -0.2) is 8.78 Å². The minimum absolute atomic E-state index is 0.0835. The van der Waals surface area contributed by atoms with Gasteiger partial charge in [0.25, 0.3) is 0 Å². The molecule has 45 heavy (non-hydrogen) atoms. The number of aliphatic hydroxyl groups is 1. The SMILES string of the molecule is O[C@@H]1CCCCc2c(Cl)cc3[nH]ncc3c2-c2ncc3c(nc(OC[C@@]45CCCN4C[C@H](F)C5)nc3c2F)N2CCC[C@@H](C1)C2. The van der Waals surface area contributed by atoms with Crippen molar-refractivity contribution >= 4 is 39.2 Å². The monoisotopic (exact) mass is 637 g/mol. The van der Waals surface area contributed by atoms with E-state index >= 15 is 4.39 Å². The van der Waals surface area contributed by atoms with Crippen LogP contribution in [-0.4, -0.2) is 85.8 Å². The van der Waals surface area contributed by atoms with E-state index in [1.54, 1.807) is 12.4 Å². The number of anilines is 1. The molecule has 3 saturated heterocycles. The fraction of sp³-hybridized carbons (Fsp3) is 0.576. The van der Waals surface area contributed by atoms with Crippen molar-refractivity contribution in [2.75, 3.05) is 37.7 Å². The molecule has 3 aromatic heterocycles. The first-order valence-corrected chi connectivity index (χ1v) is 16.7. The van der Waals surface area contributed by atoms with Gasteiger partial charge in [-0.3, -0.25) is 15.0 Å². The molecule has 0 radical (unpaired) electrons. The van der Waals surface area contributed by atoms with E-state index in [0.29, 0.717) is 66.1 Å². The number of aromatic nitrogens is 5. The second-order valence-corrected chi connectivity index (χ2v) is 13.9. The first-order valence-electron chi connectivity index (χ1n) is 16.3. The van der Waals surface area contributed by atoms with Gasteiger partial charge in [-0.05, 0) is 75.5 Å². The number of rotatable bonds is 3. The van der Waals surface area contributed by atoms with E-state index in [2.05, 4.69) is 25.0 Å². The second kappa shape index (κ2) is 11.6. The number of pyridine rings is 1. The highest BCUT2D eigenvalue weighted by molar-refractivity contribution is 6.33. The third-order valence-electron chi connectivity index (χ3n) is 10.5. The smallest absolute Gasteiger partial charge is 0.319 e. The van der Waals surface area contributed by atoms with Crippen molar-refractivity contribution in [3.8, 4) is 17.3 Å². The molecule has 5 aliphatic heterocycles. The number of aromatic amines is 1.